The number of tetrazole rings is 1. The lowest BCUT2D eigenvalue weighted by molar-refractivity contribution is 0.144. The molecule has 0 saturated heterocycles. The Bertz CT molecular complexity index is 549. The Morgan fingerprint density at radius 3 is 3.20 bits per heavy atom. The highest BCUT2D eigenvalue weighted by Gasteiger charge is 2.12. The number of halogens is 1. The van der Waals surface area contributed by atoms with Crippen LogP contribution in [0.4, 0.5) is 0 Å². The minimum atomic E-state index is -2.29. The molecular formula is C9H9ClN4O. The molecule has 0 fully saturated rings. The van der Waals surface area contributed by atoms with Gasteiger partial charge in [-0.2, -0.15) is 4.80 Å². The molecule has 0 spiro atoms. The Labute approximate surface area is 95.5 Å². The van der Waals surface area contributed by atoms with Crippen LogP contribution in [0.3, 0.4) is 0 Å². The third-order valence-corrected chi connectivity index (χ3v) is 2.05. The van der Waals surface area contributed by atoms with Crippen molar-refractivity contribution in [3.63, 3.8) is 0 Å². The molecule has 0 bridgehead atoms. The van der Waals surface area contributed by atoms with Crippen LogP contribution in [0.15, 0.2) is 30.6 Å². The lowest BCUT2D eigenvalue weighted by atomic mass is 10.1. The number of hydrogen-bond donors (Lipinski definition) is 1. The molecule has 2 aromatic rings. The molecule has 1 aromatic heterocycles. The smallest absolute Gasteiger partial charge is 0.162 e. The van der Waals surface area contributed by atoms with Gasteiger partial charge >= 0.3 is 0 Å². The number of aliphatic hydroxyl groups excluding tert-OH is 1. The van der Waals surface area contributed by atoms with Gasteiger partial charge in [-0.25, -0.2) is 0 Å². The normalized spacial score (nSPS) is 16.5. The Morgan fingerprint density at radius 2 is 2.53 bits per heavy atom. The molecule has 0 aliphatic rings. The highest BCUT2D eigenvalue weighted by Crippen LogP contribution is 2.22. The first kappa shape index (κ1) is 6.92. The van der Waals surface area contributed by atoms with Gasteiger partial charge in [-0.15, -0.1) is 10.2 Å². The van der Waals surface area contributed by atoms with Crippen LogP contribution in [0, 0.1) is 0 Å². The van der Waals surface area contributed by atoms with E-state index in [1.54, 1.807) is 0 Å². The van der Waals surface area contributed by atoms with Crippen LogP contribution in [0.25, 0.3) is 0 Å². The molecule has 6 heteroatoms. The molecule has 0 aliphatic heterocycles. The SMILES string of the molecule is [2H]c1ccc(C(O)C([2H])([2H])n2ncnn2)c(Cl)c1. The van der Waals surface area contributed by atoms with Crippen molar-refractivity contribution in [1.82, 2.24) is 20.2 Å². The van der Waals surface area contributed by atoms with Gasteiger partial charge in [-0.05, 0) is 11.3 Å². The van der Waals surface area contributed by atoms with Gasteiger partial charge in [0.05, 0.1) is 10.6 Å². The molecule has 1 heterocycles. The van der Waals surface area contributed by atoms with E-state index < -0.39 is 12.6 Å². The summed E-state index contributed by atoms with van der Waals surface area (Å²) in [5.41, 5.74) is 0.162. The van der Waals surface area contributed by atoms with E-state index in [1.165, 1.54) is 18.2 Å². The Kier molecular flexibility index (Phi) is 2.02. The predicted molar refractivity (Wildman–Crippen MR) is 54.2 cm³/mol. The second-order valence-corrected chi connectivity index (χ2v) is 3.11. The summed E-state index contributed by atoms with van der Waals surface area (Å²) < 4.78 is 22.9. The van der Waals surface area contributed by atoms with Crippen LogP contribution in [0.5, 0.6) is 0 Å². The van der Waals surface area contributed by atoms with E-state index in [4.69, 9.17) is 15.7 Å². The van der Waals surface area contributed by atoms with Crippen LogP contribution in [0.2, 0.25) is 5.02 Å². The molecule has 1 aromatic carbocycles. The molecule has 15 heavy (non-hydrogen) atoms. The second kappa shape index (κ2) is 4.37. The largest absolute Gasteiger partial charge is 0.386 e. The number of rotatable bonds is 3. The summed E-state index contributed by atoms with van der Waals surface area (Å²) in [5.74, 6) is 0. The molecule has 0 saturated carbocycles. The van der Waals surface area contributed by atoms with E-state index in [0.717, 1.165) is 6.33 Å². The monoisotopic (exact) mass is 227 g/mol. The minimum absolute atomic E-state index is 0.110. The van der Waals surface area contributed by atoms with Gasteiger partial charge in [0.25, 0.3) is 0 Å². The first-order valence-corrected chi connectivity index (χ1v) is 4.48. The lowest BCUT2D eigenvalue weighted by Crippen LogP contribution is -2.11. The van der Waals surface area contributed by atoms with Crippen LogP contribution in [-0.2, 0) is 6.50 Å². The topological polar surface area (TPSA) is 63.8 Å². The van der Waals surface area contributed by atoms with Crippen molar-refractivity contribution in [3.05, 3.63) is 41.2 Å². The van der Waals surface area contributed by atoms with E-state index in [9.17, 15) is 5.11 Å². The number of aromatic nitrogens is 4. The van der Waals surface area contributed by atoms with Gasteiger partial charge in [0, 0.05) is 10.6 Å². The highest BCUT2D eigenvalue weighted by molar-refractivity contribution is 6.31. The van der Waals surface area contributed by atoms with Crippen molar-refractivity contribution in [2.75, 3.05) is 0 Å². The van der Waals surface area contributed by atoms with E-state index in [1.807, 2.05) is 0 Å². The number of benzene rings is 1. The summed E-state index contributed by atoms with van der Waals surface area (Å²) in [5, 5.41) is 20.5. The molecule has 1 unspecified atom stereocenters. The summed E-state index contributed by atoms with van der Waals surface area (Å²) in [4.78, 5) is 0.669. The molecular weight excluding hydrogens is 216 g/mol. The van der Waals surface area contributed by atoms with E-state index in [2.05, 4.69) is 15.4 Å². The first-order valence-electron chi connectivity index (χ1n) is 5.60. The van der Waals surface area contributed by atoms with Gasteiger partial charge in [-0.3, -0.25) is 0 Å². The Balaban J connectivity index is 2.39. The highest BCUT2D eigenvalue weighted by atomic mass is 35.5. The van der Waals surface area contributed by atoms with Gasteiger partial charge in [0.2, 0.25) is 0 Å². The number of hydrogen-bond acceptors (Lipinski definition) is 4. The molecule has 0 radical (unpaired) electrons. The first-order chi connectivity index (χ1) is 8.43. The van der Waals surface area contributed by atoms with Gasteiger partial charge in [0.1, 0.15) is 6.10 Å². The van der Waals surface area contributed by atoms with Crippen LogP contribution < -0.4 is 0 Å². The van der Waals surface area contributed by atoms with E-state index >= 15 is 0 Å². The van der Waals surface area contributed by atoms with E-state index in [0.29, 0.717) is 4.80 Å². The van der Waals surface area contributed by atoms with Crippen LogP contribution in [0.1, 0.15) is 15.8 Å². The van der Waals surface area contributed by atoms with Gasteiger partial charge in [-0.1, -0.05) is 29.8 Å². The lowest BCUT2D eigenvalue weighted by Gasteiger charge is -2.10. The summed E-state index contributed by atoms with van der Waals surface area (Å²) in [6, 6.07) is 4.31. The van der Waals surface area contributed by atoms with Gasteiger partial charge in [0.15, 0.2) is 6.33 Å². The fourth-order valence-corrected chi connectivity index (χ4v) is 1.28. The summed E-state index contributed by atoms with van der Waals surface area (Å²) in [7, 11) is 0. The number of nitrogens with zero attached hydrogens (tertiary/aromatic N) is 4. The fourth-order valence-electron chi connectivity index (χ4n) is 1.05. The maximum absolute atomic E-state index is 10.0. The van der Waals surface area contributed by atoms with Crippen molar-refractivity contribution in [1.29, 1.82) is 0 Å². The van der Waals surface area contributed by atoms with Crippen LogP contribution >= 0.6 is 11.6 Å². The summed E-state index contributed by atoms with van der Waals surface area (Å²) in [6.45, 7) is -2.29. The summed E-state index contributed by atoms with van der Waals surface area (Å²) in [6.07, 6.45) is -0.501. The maximum Gasteiger partial charge on any atom is 0.162 e. The van der Waals surface area contributed by atoms with Crippen LogP contribution in [-0.4, -0.2) is 25.3 Å². The van der Waals surface area contributed by atoms with Crippen molar-refractivity contribution in [3.8, 4) is 0 Å². The molecule has 78 valence electrons. The minimum Gasteiger partial charge on any atom is -0.386 e. The average molecular weight is 228 g/mol. The third-order valence-electron chi connectivity index (χ3n) is 1.73. The maximum atomic E-state index is 10.0. The summed E-state index contributed by atoms with van der Waals surface area (Å²) >= 11 is 5.88. The Hall–Kier alpha value is -1.46. The molecule has 2 rings (SSSR count). The molecule has 0 aliphatic carbocycles. The fraction of sp³-hybridized carbons (Fsp3) is 0.222. The van der Waals surface area contributed by atoms with Gasteiger partial charge < -0.3 is 5.11 Å². The van der Waals surface area contributed by atoms with Crippen molar-refractivity contribution in [2.24, 2.45) is 0 Å². The zero-order valence-corrected chi connectivity index (χ0v) is 8.26. The molecule has 1 N–H and O–H groups in total. The van der Waals surface area contributed by atoms with Crippen molar-refractivity contribution in [2.45, 2.75) is 12.6 Å². The number of aliphatic hydroxyl groups is 1. The molecule has 5 nitrogen and oxygen atoms in total. The van der Waals surface area contributed by atoms with Crippen molar-refractivity contribution >= 4 is 11.6 Å². The standard InChI is InChI=1S/C9H9ClN4O/c10-8-4-2-1-3-7(8)9(15)5-14-12-6-11-13-14/h1-4,6,9,15H,5H2/i2D,5D2. The predicted octanol–water partition coefficient (Wildman–Crippen LogP) is 1.06. The molecule has 0 amide bonds. The molecule has 1 atom stereocenters. The zero-order valence-electron chi connectivity index (χ0n) is 10.5. The van der Waals surface area contributed by atoms with E-state index in [-0.39, 0.29) is 16.6 Å². The average Bonchev–Trinajstić information content (AvgIpc) is 2.82. The quantitative estimate of drug-likeness (QED) is 0.852. The third kappa shape index (κ3) is 2.31. The second-order valence-electron chi connectivity index (χ2n) is 2.70. The van der Waals surface area contributed by atoms with Crippen molar-refractivity contribution < 1.29 is 9.22 Å². The zero-order chi connectivity index (χ0) is 13.3. The Morgan fingerprint density at radius 1 is 1.67 bits per heavy atom.